The van der Waals surface area contributed by atoms with Gasteiger partial charge < -0.3 is 15.8 Å². The highest BCUT2D eigenvalue weighted by Crippen LogP contribution is 2.25. The molecule has 1 aromatic rings. The monoisotopic (exact) mass is 281 g/mol. The number of nitrogens with one attached hydrogen (secondary N) is 2. The lowest BCUT2D eigenvalue weighted by Gasteiger charge is -2.26. The number of hydrazine groups is 1. The Morgan fingerprint density at radius 3 is 2.85 bits per heavy atom. The Kier molecular flexibility index (Phi) is 4.70. The smallest absolute Gasteiger partial charge is 0.276 e. The first-order valence-electron chi connectivity index (χ1n) is 6.63. The molecule has 8 heteroatoms. The molecule has 0 amide bonds. The molecule has 0 aliphatic heterocycles. The van der Waals surface area contributed by atoms with Crippen LogP contribution in [-0.4, -0.2) is 27.7 Å². The second-order valence-corrected chi connectivity index (χ2v) is 5.06. The zero-order chi connectivity index (χ0) is 14.5. The van der Waals surface area contributed by atoms with E-state index in [1.165, 1.54) is 12.1 Å². The molecule has 2 atom stereocenters. The van der Waals surface area contributed by atoms with Crippen molar-refractivity contribution in [2.24, 2.45) is 11.8 Å². The van der Waals surface area contributed by atoms with Crippen LogP contribution in [0.3, 0.4) is 0 Å². The summed E-state index contributed by atoms with van der Waals surface area (Å²) in [6, 6.07) is 2.65. The standard InChI is InChI=1S/C12H19N5O3/c13-16-12-6-9(17(19)20)5-11(15-12)14-7-8-2-1-3-10(18)4-8/h5-6,8,10,18H,1-4,7,13H2,(H2,14,15,16). The highest BCUT2D eigenvalue weighted by molar-refractivity contribution is 5.54. The van der Waals surface area contributed by atoms with E-state index >= 15 is 0 Å². The molecule has 2 rings (SSSR count). The molecule has 1 saturated carbocycles. The number of anilines is 2. The van der Waals surface area contributed by atoms with Crippen molar-refractivity contribution in [1.29, 1.82) is 0 Å². The highest BCUT2D eigenvalue weighted by atomic mass is 16.6. The average molecular weight is 281 g/mol. The lowest BCUT2D eigenvalue weighted by molar-refractivity contribution is -0.384. The molecule has 0 radical (unpaired) electrons. The largest absolute Gasteiger partial charge is 0.393 e. The number of nitrogen functional groups attached to an aromatic ring is 1. The van der Waals surface area contributed by atoms with Crippen LogP contribution in [0.4, 0.5) is 17.3 Å². The quantitative estimate of drug-likeness (QED) is 0.363. The summed E-state index contributed by atoms with van der Waals surface area (Å²) in [4.78, 5) is 14.5. The molecule has 0 aromatic carbocycles. The number of nitrogens with zero attached hydrogens (tertiary/aromatic N) is 2. The van der Waals surface area contributed by atoms with Crippen molar-refractivity contribution in [3.05, 3.63) is 22.2 Å². The minimum absolute atomic E-state index is 0.0703. The number of hydrogen-bond acceptors (Lipinski definition) is 7. The molecular formula is C12H19N5O3. The van der Waals surface area contributed by atoms with Crippen LogP contribution in [0.2, 0.25) is 0 Å². The highest BCUT2D eigenvalue weighted by Gasteiger charge is 2.20. The second-order valence-electron chi connectivity index (χ2n) is 5.06. The summed E-state index contributed by atoms with van der Waals surface area (Å²) in [7, 11) is 0. The Morgan fingerprint density at radius 2 is 2.20 bits per heavy atom. The Bertz CT molecular complexity index is 482. The second kappa shape index (κ2) is 6.49. The number of pyridine rings is 1. The van der Waals surface area contributed by atoms with Crippen molar-refractivity contribution in [1.82, 2.24) is 4.98 Å². The summed E-state index contributed by atoms with van der Waals surface area (Å²) < 4.78 is 0. The van der Waals surface area contributed by atoms with E-state index in [1.54, 1.807) is 0 Å². The Labute approximate surface area is 116 Å². The van der Waals surface area contributed by atoms with E-state index in [9.17, 15) is 15.2 Å². The maximum atomic E-state index is 10.8. The first-order valence-corrected chi connectivity index (χ1v) is 6.63. The van der Waals surface area contributed by atoms with Crippen LogP contribution in [0.1, 0.15) is 25.7 Å². The lowest BCUT2D eigenvalue weighted by Crippen LogP contribution is -2.25. The predicted octanol–water partition coefficient (Wildman–Crippen LogP) is 1.24. The molecule has 1 aromatic heterocycles. The van der Waals surface area contributed by atoms with Gasteiger partial charge in [0.15, 0.2) is 0 Å². The molecule has 2 unspecified atom stereocenters. The molecule has 0 spiro atoms. The van der Waals surface area contributed by atoms with E-state index in [4.69, 9.17) is 5.84 Å². The van der Waals surface area contributed by atoms with Crippen molar-refractivity contribution in [3.8, 4) is 0 Å². The zero-order valence-corrected chi connectivity index (χ0v) is 11.1. The summed E-state index contributed by atoms with van der Waals surface area (Å²) in [5, 5.41) is 23.5. The van der Waals surface area contributed by atoms with Gasteiger partial charge in [-0.2, -0.15) is 0 Å². The molecule has 0 saturated heterocycles. The van der Waals surface area contributed by atoms with Gasteiger partial charge >= 0.3 is 0 Å². The number of nitrogens with two attached hydrogens (primary N) is 1. The normalized spacial score (nSPS) is 22.3. The first-order chi connectivity index (χ1) is 9.58. The Hall–Kier alpha value is -1.93. The van der Waals surface area contributed by atoms with Crippen LogP contribution >= 0.6 is 0 Å². The van der Waals surface area contributed by atoms with Gasteiger partial charge in [0.2, 0.25) is 0 Å². The van der Waals surface area contributed by atoms with Crippen molar-refractivity contribution in [2.45, 2.75) is 31.8 Å². The van der Waals surface area contributed by atoms with Gasteiger partial charge in [0.1, 0.15) is 11.6 Å². The number of aliphatic hydroxyl groups is 1. The Morgan fingerprint density at radius 1 is 1.45 bits per heavy atom. The number of aliphatic hydroxyl groups excluding tert-OH is 1. The number of aromatic nitrogens is 1. The van der Waals surface area contributed by atoms with Gasteiger partial charge in [0.05, 0.1) is 23.2 Å². The molecule has 1 heterocycles. The molecule has 8 nitrogen and oxygen atoms in total. The summed E-state index contributed by atoms with van der Waals surface area (Å²) >= 11 is 0. The molecule has 1 aliphatic rings. The van der Waals surface area contributed by atoms with Crippen LogP contribution in [0.25, 0.3) is 0 Å². The fourth-order valence-electron chi connectivity index (χ4n) is 2.48. The van der Waals surface area contributed by atoms with E-state index in [0.29, 0.717) is 18.3 Å². The number of rotatable bonds is 5. The summed E-state index contributed by atoms with van der Waals surface area (Å²) in [6.45, 7) is 0.634. The third-order valence-corrected chi connectivity index (χ3v) is 3.50. The van der Waals surface area contributed by atoms with E-state index in [1.807, 2.05) is 0 Å². The van der Waals surface area contributed by atoms with Gasteiger partial charge in [-0.3, -0.25) is 10.1 Å². The third-order valence-electron chi connectivity index (χ3n) is 3.50. The first kappa shape index (κ1) is 14.5. The topological polar surface area (TPSA) is 126 Å². The molecule has 5 N–H and O–H groups in total. The number of nitro groups is 1. The minimum atomic E-state index is -0.488. The zero-order valence-electron chi connectivity index (χ0n) is 11.1. The minimum Gasteiger partial charge on any atom is -0.393 e. The number of hydrogen-bond donors (Lipinski definition) is 4. The summed E-state index contributed by atoms with van der Waals surface area (Å²) in [5.41, 5.74) is 2.24. The maximum Gasteiger partial charge on any atom is 0.276 e. The molecule has 110 valence electrons. The average Bonchev–Trinajstić information content (AvgIpc) is 2.45. The Balaban J connectivity index is 2.01. The van der Waals surface area contributed by atoms with Crippen LogP contribution in [0.15, 0.2) is 12.1 Å². The van der Waals surface area contributed by atoms with Crippen LogP contribution in [0, 0.1) is 16.0 Å². The van der Waals surface area contributed by atoms with E-state index in [-0.39, 0.29) is 17.6 Å². The summed E-state index contributed by atoms with van der Waals surface area (Å²) in [6.07, 6.45) is 3.42. The van der Waals surface area contributed by atoms with Crippen molar-refractivity contribution < 1.29 is 10.0 Å². The SMILES string of the molecule is NNc1cc([N+](=O)[O-])cc(NCC2CCCC(O)C2)n1. The maximum absolute atomic E-state index is 10.8. The molecule has 1 aliphatic carbocycles. The van der Waals surface area contributed by atoms with Crippen LogP contribution in [0.5, 0.6) is 0 Å². The van der Waals surface area contributed by atoms with Crippen molar-refractivity contribution >= 4 is 17.3 Å². The van der Waals surface area contributed by atoms with Crippen LogP contribution in [-0.2, 0) is 0 Å². The van der Waals surface area contributed by atoms with Gasteiger partial charge in [-0.15, -0.1) is 0 Å². The predicted molar refractivity (Wildman–Crippen MR) is 75.2 cm³/mol. The fraction of sp³-hybridized carbons (Fsp3) is 0.583. The van der Waals surface area contributed by atoms with Crippen LogP contribution < -0.4 is 16.6 Å². The van der Waals surface area contributed by atoms with Gasteiger partial charge in [-0.1, -0.05) is 6.42 Å². The van der Waals surface area contributed by atoms with E-state index < -0.39 is 4.92 Å². The van der Waals surface area contributed by atoms with Gasteiger partial charge in [-0.25, -0.2) is 10.8 Å². The van der Waals surface area contributed by atoms with Gasteiger partial charge in [0.25, 0.3) is 5.69 Å². The van der Waals surface area contributed by atoms with Crippen molar-refractivity contribution in [3.63, 3.8) is 0 Å². The molecular weight excluding hydrogens is 262 g/mol. The molecule has 0 bridgehead atoms. The summed E-state index contributed by atoms with van der Waals surface area (Å²) in [5.74, 6) is 6.26. The third kappa shape index (κ3) is 3.78. The van der Waals surface area contributed by atoms with E-state index in [0.717, 1.165) is 25.7 Å². The lowest BCUT2D eigenvalue weighted by atomic mass is 9.87. The molecule has 20 heavy (non-hydrogen) atoms. The van der Waals surface area contributed by atoms with Gasteiger partial charge in [0, 0.05) is 6.54 Å². The van der Waals surface area contributed by atoms with Crippen molar-refractivity contribution in [2.75, 3.05) is 17.3 Å². The molecule has 1 fully saturated rings. The fourth-order valence-corrected chi connectivity index (χ4v) is 2.48. The van der Waals surface area contributed by atoms with Gasteiger partial charge in [-0.05, 0) is 25.2 Å². The van der Waals surface area contributed by atoms with E-state index in [2.05, 4.69) is 15.7 Å².